The number of amides is 1. The maximum Gasteiger partial charge on any atom is 0.256 e. The number of nitrogens with one attached hydrogen (secondary N) is 1. The van der Waals surface area contributed by atoms with Crippen molar-refractivity contribution in [1.82, 2.24) is 0 Å². The number of carbonyl (C=O) groups excluding carboxylic acids is 1. The summed E-state index contributed by atoms with van der Waals surface area (Å²) in [7, 11) is 0. The monoisotopic (exact) mass is 687 g/mol. The molecule has 0 aliphatic carbocycles. The first kappa shape index (κ1) is 17.2. The molecule has 2 aromatic rings. The van der Waals surface area contributed by atoms with Crippen molar-refractivity contribution >= 4 is 107 Å². The van der Waals surface area contributed by atoms with Crippen molar-refractivity contribution in [2.45, 2.75) is 0 Å². The van der Waals surface area contributed by atoms with Gasteiger partial charge >= 0.3 is 0 Å². The average molecular weight is 688 g/mol. The van der Waals surface area contributed by atoms with Gasteiger partial charge < -0.3 is 5.32 Å². The van der Waals surface area contributed by atoms with E-state index in [0.717, 1.165) is 16.4 Å². The lowest BCUT2D eigenvalue weighted by molar-refractivity contribution is 0.102. The smallest absolute Gasteiger partial charge is 0.256 e. The van der Waals surface area contributed by atoms with Gasteiger partial charge in [0.1, 0.15) is 0 Å². The maximum absolute atomic E-state index is 12.3. The van der Waals surface area contributed by atoms with Crippen LogP contribution in [0.2, 0.25) is 5.02 Å². The third-order valence-electron chi connectivity index (χ3n) is 2.42. The minimum absolute atomic E-state index is 0.161. The third kappa shape index (κ3) is 4.20. The molecule has 2 rings (SSSR count). The standard InChI is InChI=1S/C13H6BrClI3NO/c14-9-3-6(15)1-2-8(9)13(20)19-12-10(17)4-7(16)5-11(12)18/h1-5H,(H,19,20). The Morgan fingerprint density at radius 2 is 1.70 bits per heavy atom. The lowest BCUT2D eigenvalue weighted by Gasteiger charge is -2.11. The molecule has 0 aromatic heterocycles. The molecule has 2 nitrogen and oxygen atoms in total. The topological polar surface area (TPSA) is 29.1 Å². The molecule has 0 bridgehead atoms. The second-order valence-corrected chi connectivity index (χ2v) is 8.68. The minimum atomic E-state index is -0.161. The van der Waals surface area contributed by atoms with Gasteiger partial charge in [-0.1, -0.05) is 11.6 Å². The van der Waals surface area contributed by atoms with Crippen LogP contribution in [0.25, 0.3) is 0 Å². The van der Waals surface area contributed by atoms with Crippen LogP contribution in [0, 0.1) is 10.7 Å². The molecule has 0 saturated heterocycles. The van der Waals surface area contributed by atoms with Crippen LogP contribution in [-0.2, 0) is 0 Å². The van der Waals surface area contributed by atoms with E-state index in [1.165, 1.54) is 0 Å². The second-order valence-electron chi connectivity index (χ2n) is 3.82. The predicted molar refractivity (Wildman–Crippen MR) is 112 cm³/mol. The van der Waals surface area contributed by atoms with Gasteiger partial charge in [0.2, 0.25) is 0 Å². The van der Waals surface area contributed by atoms with E-state index < -0.39 is 0 Å². The number of anilines is 1. The number of halogens is 5. The minimum Gasteiger partial charge on any atom is -0.320 e. The van der Waals surface area contributed by atoms with Gasteiger partial charge in [0.05, 0.1) is 11.3 Å². The van der Waals surface area contributed by atoms with Crippen LogP contribution in [0.3, 0.4) is 0 Å². The second kappa shape index (κ2) is 7.42. The van der Waals surface area contributed by atoms with E-state index >= 15 is 0 Å². The zero-order valence-electron chi connectivity index (χ0n) is 9.68. The quantitative estimate of drug-likeness (QED) is 0.377. The van der Waals surface area contributed by atoms with Gasteiger partial charge in [-0.3, -0.25) is 4.79 Å². The molecule has 0 aliphatic rings. The van der Waals surface area contributed by atoms with Crippen molar-refractivity contribution in [3.8, 4) is 0 Å². The summed E-state index contributed by atoms with van der Waals surface area (Å²) in [5.41, 5.74) is 1.39. The first-order valence-electron chi connectivity index (χ1n) is 5.29. The molecular formula is C13H6BrClI3NO. The van der Waals surface area contributed by atoms with Gasteiger partial charge in [-0.05, 0) is 114 Å². The summed E-state index contributed by atoms with van der Waals surface area (Å²) in [5, 5.41) is 3.54. The maximum atomic E-state index is 12.3. The van der Waals surface area contributed by atoms with Crippen molar-refractivity contribution in [2.75, 3.05) is 5.32 Å². The summed E-state index contributed by atoms with van der Waals surface area (Å²) in [4.78, 5) is 12.3. The molecule has 0 fully saturated rings. The van der Waals surface area contributed by atoms with Crippen LogP contribution in [0.4, 0.5) is 5.69 Å². The van der Waals surface area contributed by atoms with E-state index in [4.69, 9.17) is 11.6 Å². The summed E-state index contributed by atoms with van der Waals surface area (Å²) < 4.78 is 3.84. The van der Waals surface area contributed by atoms with Gasteiger partial charge in [0.15, 0.2) is 0 Å². The van der Waals surface area contributed by atoms with Crippen LogP contribution < -0.4 is 5.32 Å². The molecule has 2 aromatic carbocycles. The molecule has 104 valence electrons. The van der Waals surface area contributed by atoms with E-state index in [2.05, 4.69) is 89.0 Å². The summed E-state index contributed by atoms with van der Waals surface area (Å²) in [5.74, 6) is -0.161. The summed E-state index contributed by atoms with van der Waals surface area (Å²) >= 11 is 15.9. The van der Waals surface area contributed by atoms with Crippen LogP contribution in [0.1, 0.15) is 10.4 Å². The first-order chi connectivity index (χ1) is 9.38. The van der Waals surface area contributed by atoms with E-state index in [-0.39, 0.29) is 5.91 Å². The zero-order chi connectivity index (χ0) is 14.9. The number of carbonyl (C=O) groups is 1. The van der Waals surface area contributed by atoms with Crippen molar-refractivity contribution in [1.29, 1.82) is 0 Å². The number of hydrogen-bond acceptors (Lipinski definition) is 1. The fraction of sp³-hybridized carbons (Fsp3) is 0. The van der Waals surface area contributed by atoms with Crippen molar-refractivity contribution < 1.29 is 4.79 Å². The van der Waals surface area contributed by atoms with Gasteiger partial charge in [-0.25, -0.2) is 0 Å². The molecule has 7 heteroatoms. The fourth-order valence-electron chi connectivity index (χ4n) is 1.52. The van der Waals surface area contributed by atoms with Gasteiger partial charge in [-0.15, -0.1) is 0 Å². The Kier molecular flexibility index (Phi) is 6.40. The van der Waals surface area contributed by atoms with E-state index in [0.29, 0.717) is 15.1 Å². The molecular weight excluding hydrogens is 682 g/mol. The molecule has 1 N–H and O–H groups in total. The average Bonchev–Trinajstić information content (AvgIpc) is 2.33. The predicted octanol–water partition coefficient (Wildman–Crippen LogP) is 6.17. The Morgan fingerprint density at radius 3 is 2.25 bits per heavy atom. The molecule has 0 saturated carbocycles. The largest absolute Gasteiger partial charge is 0.320 e. The number of hydrogen-bond donors (Lipinski definition) is 1. The Hall–Kier alpha value is 0.870. The molecule has 0 spiro atoms. The van der Waals surface area contributed by atoms with Crippen molar-refractivity contribution in [3.63, 3.8) is 0 Å². The molecule has 0 heterocycles. The Bertz CT molecular complexity index is 670. The lowest BCUT2D eigenvalue weighted by Crippen LogP contribution is -2.14. The van der Waals surface area contributed by atoms with Crippen molar-refractivity contribution in [3.05, 3.63) is 56.1 Å². The summed E-state index contributed by atoms with van der Waals surface area (Å²) in [6.07, 6.45) is 0. The highest BCUT2D eigenvalue weighted by molar-refractivity contribution is 14.1. The zero-order valence-corrected chi connectivity index (χ0v) is 18.5. The van der Waals surface area contributed by atoms with Crippen LogP contribution in [0.5, 0.6) is 0 Å². The molecule has 0 atom stereocenters. The Balaban J connectivity index is 2.33. The highest BCUT2D eigenvalue weighted by atomic mass is 127. The molecule has 1 amide bonds. The van der Waals surface area contributed by atoms with Gasteiger partial charge in [-0.2, -0.15) is 0 Å². The molecule has 20 heavy (non-hydrogen) atoms. The third-order valence-corrected chi connectivity index (χ3v) is 5.64. The summed E-state index contributed by atoms with van der Waals surface area (Å²) in [6.45, 7) is 0. The van der Waals surface area contributed by atoms with E-state index in [1.807, 2.05) is 12.1 Å². The first-order valence-corrected chi connectivity index (χ1v) is 9.70. The number of rotatable bonds is 2. The van der Waals surface area contributed by atoms with Crippen LogP contribution in [-0.4, -0.2) is 5.91 Å². The van der Waals surface area contributed by atoms with Crippen LogP contribution in [0.15, 0.2) is 34.8 Å². The van der Waals surface area contributed by atoms with Gasteiger partial charge in [0.25, 0.3) is 5.91 Å². The van der Waals surface area contributed by atoms with Crippen LogP contribution >= 0.6 is 95.3 Å². The highest BCUT2D eigenvalue weighted by Crippen LogP contribution is 2.29. The van der Waals surface area contributed by atoms with Gasteiger partial charge in [0, 0.05) is 20.2 Å². The highest BCUT2D eigenvalue weighted by Gasteiger charge is 2.14. The SMILES string of the molecule is O=C(Nc1c(I)cc(I)cc1I)c1ccc(Cl)cc1Br. The summed E-state index contributed by atoms with van der Waals surface area (Å²) in [6, 6.07) is 9.16. The number of benzene rings is 2. The normalized spacial score (nSPS) is 10.4. The van der Waals surface area contributed by atoms with Crippen molar-refractivity contribution in [2.24, 2.45) is 0 Å². The fourth-order valence-corrected chi connectivity index (χ4v) is 6.23. The van der Waals surface area contributed by atoms with E-state index in [1.54, 1.807) is 18.2 Å². The lowest BCUT2D eigenvalue weighted by atomic mass is 10.2. The Morgan fingerprint density at radius 1 is 1.10 bits per heavy atom. The molecule has 0 unspecified atom stereocenters. The molecule has 0 radical (unpaired) electrons. The Labute approximate surface area is 171 Å². The van der Waals surface area contributed by atoms with E-state index in [9.17, 15) is 4.79 Å². The molecule has 0 aliphatic heterocycles.